The zero-order chi connectivity index (χ0) is 18.7. The number of thiazole rings is 1. The van der Waals surface area contributed by atoms with Crippen LogP contribution in [-0.4, -0.2) is 45.2 Å². The zero-order valence-electron chi connectivity index (χ0n) is 13.8. The fourth-order valence-electron chi connectivity index (χ4n) is 3.03. The van der Waals surface area contributed by atoms with Gasteiger partial charge in [-0.1, -0.05) is 30.0 Å². The number of carboxylic acids is 1. The molecule has 1 fully saturated rings. The molecule has 1 amide bonds. The number of halogens is 1. The molecule has 3 N–H and O–H groups in total. The number of thioether (sulfide) groups is 1. The largest absolute Gasteiger partial charge is 0.476 e. The highest BCUT2D eigenvalue weighted by Gasteiger charge is 2.36. The maximum atomic E-state index is 14.0. The Kier molecular flexibility index (Phi) is 5.90. The predicted molar refractivity (Wildman–Crippen MR) is 97.9 cm³/mol. The Bertz CT molecular complexity index is 814. The van der Waals surface area contributed by atoms with E-state index in [1.807, 2.05) is 0 Å². The number of hydrogen-bond acceptors (Lipinski definition) is 6. The van der Waals surface area contributed by atoms with Gasteiger partial charge in [-0.25, -0.2) is 14.2 Å². The van der Waals surface area contributed by atoms with Crippen molar-refractivity contribution in [1.82, 2.24) is 9.88 Å². The Morgan fingerprint density at radius 1 is 1.50 bits per heavy atom. The van der Waals surface area contributed by atoms with Gasteiger partial charge in [-0.3, -0.25) is 4.79 Å². The molecule has 2 aromatic rings. The van der Waals surface area contributed by atoms with Crippen LogP contribution in [0, 0.1) is 5.82 Å². The minimum atomic E-state index is -1.06. The van der Waals surface area contributed by atoms with Crippen molar-refractivity contribution in [2.24, 2.45) is 5.73 Å². The summed E-state index contributed by atoms with van der Waals surface area (Å²) < 4.78 is 14.7. The molecule has 1 aromatic carbocycles. The van der Waals surface area contributed by atoms with E-state index in [4.69, 9.17) is 10.8 Å². The average Bonchev–Trinajstić information content (AvgIpc) is 3.23. The molecular formula is C17H18FN3O3S2. The lowest BCUT2D eigenvalue weighted by molar-refractivity contribution is -0.128. The van der Waals surface area contributed by atoms with E-state index >= 15 is 0 Å². The maximum Gasteiger partial charge on any atom is 0.355 e. The minimum absolute atomic E-state index is 0.00718. The van der Waals surface area contributed by atoms with Gasteiger partial charge >= 0.3 is 5.97 Å². The molecule has 26 heavy (non-hydrogen) atoms. The first-order valence-corrected chi connectivity index (χ1v) is 9.95. The van der Waals surface area contributed by atoms with Gasteiger partial charge in [-0.2, -0.15) is 0 Å². The first kappa shape index (κ1) is 18.8. The number of aromatic carboxylic acids is 1. The summed E-state index contributed by atoms with van der Waals surface area (Å²) in [7, 11) is 0. The number of likely N-dealkylation sites (tertiary alicyclic amines) is 1. The Labute approximate surface area is 158 Å². The van der Waals surface area contributed by atoms with Crippen molar-refractivity contribution < 1.29 is 19.1 Å². The first-order valence-electron chi connectivity index (χ1n) is 8.08. The Hall–Kier alpha value is -1.97. The topological polar surface area (TPSA) is 96.5 Å². The molecule has 0 aliphatic carbocycles. The molecule has 1 aliphatic rings. The molecule has 9 heteroatoms. The number of hydrogen-bond donors (Lipinski definition) is 2. The fraction of sp³-hybridized carbons (Fsp3) is 0.353. The number of carboxylic acid groups (broad SMARTS) is 1. The lowest BCUT2D eigenvalue weighted by Gasteiger charge is -2.29. The lowest BCUT2D eigenvalue weighted by Crippen LogP contribution is -2.41. The van der Waals surface area contributed by atoms with Gasteiger partial charge in [0.2, 0.25) is 5.91 Å². The average molecular weight is 395 g/mol. The number of rotatable bonds is 7. The highest BCUT2D eigenvalue weighted by atomic mass is 32.2. The molecule has 1 aromatic heterocycles. The second kappa shape index (κ2) is 8.15. The molecule has 0 spiro atoms. The molecule has 1 unspecified atom stereocenters. The number of nitrogens with zero attached hydrogens (tertiary/aromatic N) is 2. The molecule has 138 valence electrons. The maximum absolute atomic E-state index is 14.0. The van der Waals surface area contributed by atoms with Gasteiger partial charge in [-0.05, 0) is 12.5 Å². The van der Waals surface area contributed by atoms with Crippen molar-refractivity contribution >= 4 is 35.0 Å². The minimum Gasteiger partial charge on any atom is -0.476 e. The molecule has 0 saturated carbocycles. The Morgan fingerprint density at radius 2 is 2.27 bits per heavy atom. The Balaban J connectivity index is 1.62. The highest BCUT2D eigenvalue weighted by molar-refractivity contribution is 8.01. The normalized spacial score (nSPS) is 18.3. The molecular weight excluding hydrogens is 377 g/mol. The van der Waals surface area contributed by atoms with Gasteiger partial charge in [0, 0.05) is 29.7 Å². The molecule has 0 bridgehead atoms. The van der Waals surface area contributed by atoms with Gasteiger partial charge in [0.1, 0.15) is 5.82 Å². The van der Waals surface area contributed by atoms with Gasteiger partial charge in [0.25, 0.3) is 0 Å². The van der Waals surface area contributed by atoms with Gasteiger partial charge in [0.15, 0.2) is 10.0 Å². The third-order valence-corrected chi connectivity index (χ3v) is 6.31. The number of carbonyl (C=O) groups excluding carboxylic acids is 1. The van der Waals surface area contributed by atoms with Crippen molar-refractivity contribution in [3.63, 3.8) is 0 Å². The van der Waals surface area contributed by atoms with E-state index in [-0.39, 0.29) is 23.5 Å². The van der Waals surface area contributed by atoms with Crippen LogP contribution >= 0.6 is 23.1 Å². The van der Waals surface area contributed by atoms with Crippen LogP contribution in [0.3, 0.4) is 0 Å². The predicted octanol–water partition coefficient (Wildman–Crippen LogP) is 2.76. The van der Waals surface area contributed by atoms with Crippen LogP contribution in [0.5, 0.6) is 0 Å². The fourth-order valence-corrected chi connectivity index (χ4v) is 4.83. The van der Waals surface area contributed by atoms with Gasteiger partial charge < -0.3 is 15.7 Å². The van der Waals surface area contributed by atoms with E-state index in [9.17, 15) is 14.0 Å². The molecule has 1 aliphatic heterocycles. The van der Waals surface area contributed by atoms with Gasteiger partial charge in [-0.15, -0.1) is 11.3 Å². The van der Waals surface area contributed by atoms with Crippen LogP contribution in [0.2, 0.25) is 0 Å². The zero-order valence-corrected chi connectivity index (χ0v) is 15.4. The molecule has 2 heterocycles. The summed E-state index contributed by atoms with van der Waals surface area (Å²) in [6.45, 7) is 0.457. The summed E-state index contributed by atoms with van der Waals surface area (Å²) >= 11 is 2.66. The third-order valence-electron chi connectivity index (χ3n) is 4.31. The summed E-state index contributed by atoms with van der Waals surface area (Å²) in [5, 5.41) is 10.4. The van der Waals surface area contributed by atoms with Crippen LogP contribution in [0.15, 0.2) is 34.0 Å². The molecule has 6 nitrogen and oxygen atoms in total. The quantitative estimate of drug-likeness (QED) is 0.700. The molecule has 0 radical (unpaired) electrons. The monoisotopic (exact) mass is 395 g/mol. The second-order valence-electron chi connectivity index (χ2n) is 5.89. The van der Waals surface area contributed by atoms with E-state index in [0.29, 0.717) is 35.0 Å². The van der Waals surface area contributed by atoms with Crippen molar-refractivity contribution in [3.05, 3.63) is 46.7 Å². The Morgan fingerprint density at radius 3 is 2.96 bits per heavy atom. The van der Waals surface area contributed by atoms with Crippen LogP contribution in [0.1, 0.15) is 34.9 Å². The van der Waals surface area contributed by atoms with E-state index in [0.717, 1.165) is 0 Å². The van der Waals surface area contributed by atoms with Crippen LogP contribution in [-0.2, 0) is 4.79 Å². The van der Waals surface area contributed by atoms with Crippen LogP contribution in [0.4, 0.5) is 4.39 Å². The van der Waals surface area contributed by atoms with Crippen LogP contribution in [0.25, 0.3) is 0 Å². The molecule has 3 rings (SSSR count). The third kappa shape index (κ3) is 4.05. The van der Waals surface area contributed by atoms with Crippen LogP contribution < -0.4 is 5.73 Å². The summed E-state index contributed by atoms with van der Waals surface area (Å²) in [5.41, 5.74) is 6.69. The van der Waals surface area contributed by atoms with E-state index in [2.05, 4.69) is 4.98 Å². The summed E-state index contributed by atoms with van der Waals surface area (Å²) in [4.78, 5) is 28.8. The molecule has 2 atom stereocenters. The number of nitrogens with two attached hydrogens (primary N) is 1. The van der Waals surface area contributed by atoms with Gasteiger partial charge in [0.05, 0.1) is 12.1 Å². The number of benzene rings is 1. The van der Waals surface area contributed by atoms with E-state index in [1.54, 1.807) is 23.1 Å². The van der Waals surface area contributed by atoms with Crippen molar-refractivity contribution in [1.29, 1.82) is 0 Å². The second-order valence-corrected chi connectivity index (χ2v) is 8.09. The van der Waals surface area contributed by atoms with Crippen molar-refractivity contribution in [2.75, 3.05) is 12.3 Å². The highest BCUT2D eigenvalue weighted by Crippen LogP contribution is 2.31. The van der Waals surface area contributed by atoms with E-state index < -0.39 is 12.0 Å². The van der Waals surface area contributed by atoms with Crippen molar-refractivity contribution in [3.8, 4) is 0 Å². The number of amides is 1. The first-order chi connectivity index (χ1) is 12.5. The standard InChI is InChI=1S/C17H18FN3O3S2/c18-11-4-2-1-3-10(11)15(19)13-5-6-14(22)21(13)7-8-25-17-20-12(9-26-17)16(23)24/h1-4,9,13,15H,5-8,19H2,(H,23,24)/t13-,15?/m1/s1. The smallest absolute Gasteiger partial charge is 0.355 e. The SMILES string of the molecule is NC(c1ccccc1F)[C@H]1CCC(=O)N1CCSc1nc(C(=O)O)cs1. The number of carbonyl (C=O) groups is 2. The molecule has 1 saturated heterocycles. The summed E-state index contributed by atoms with van der Waals surface area (Å²) in [6.07, 6.45) is 0.997. The van der Waals surface area contributed by atoms with E-state index in [1.165, 1.54) is 34.5 Å². The summed E-state index contributed by atoms with van der Waals surface area (Å²) in [5.74, 6) is -0.845. The summed E-state index contributed by atoms with van der Waals surface area (Å²) in [6, 6.07) is 5.54. The number of aromatic nitrogens is 1. The lowest BCUT2D eigenvalue weighted by atomic mass is 9.98. The van der Waals surface area contributed by atoms with Crippen molar-refractivity contribution in [2.45, 2.75) is 29.3 Å².